The van der Waals surface area contributed by atoms with Crippen LogP contribution < -0.4 is 0 Å². The van der Waals surface area contributed by atoms with Crippen LogP contribution in [0, 0.1) is 6.08 Å². The maximum absolute atomic E-state index is 3.56. The first kappa shape index (κ1) is 7.80. The van der Waals surface area contributed by atoms with E-state index in [1.54, 1.807) is 0 Å². The zero-order valence-electron chi connectivity index (χ0n) is 6.67. The van der Waals surface area contributed by atoms with E-state index in [-0.39, 0.29) is 0 Å². The van der Waals surface area contributed by atoms with Gasteiger partial charge in [0.1, 0.15) is 0 Å². The molecule has 0 heterocycles. The van der Waals surface area contributed by atoms with Gasteiger partial charge < -0.3 is 0 Å². The quantitative estimate of drug-likeness (QED) is 0.558. The lowest BCUT2D eigenvalue weighted by Crippen LogP contribution is -1.71. The molecule has 55 valence electrons. The first-order chi connectivity index (χ1) is 5.33. The molecule has 1 aromatic rings. The van der Waals surface area contributed by atoms with E-state index in [9.17, 15) is 0 Å². The maximum Gasteiger partial charge on any atom is -0.0230 e. The molecule has 0 heteroatoms. The predicted octanol–water partition coefficient (Wildman–Crippen LogP) is 3.08. The van der Waals surface area contributed by atoms with Crippen molar-refractivity contribution in [1.29, 1.82) is 0 Å². The minimum absolute atomic E-state index is 1.07. The lowest BCUT2D eigenvalue weighted by Gasteiger charge is -1.92. The minimum atomic E-state index is 1.07. The molecule has 1 radical (unpaired) electrons. The average Bonchev–Trinajstić information content (AvgIpc) is 2.06. The molecule has 0 aromatic heterocycles. The second-order valence-electron chi connectivity index (χ2n) is 2.41. The Morgan fingerprint density at radius 2 is 2.00 bits per heavy atom. The van der Waals surface area contributed by atoms with Crippen LogP contribution in [0.5, 0.6) is 0 Å². The van der Waals surface area contributed by atoms with E-state index in [1.807, 2.05) is 31.2 Å². The fourth-order valence-corrected chi connectivity index (χ4v) is 0.850. The maximum atomic E-state index is 3.56. The number of hydrogen-bond donors (Lipinski definition) is 0. The molecule has 0 aliphatic heterocycles. The third kappa shape index (κ3) is 2.42. The lowest BCUT2D eigenvalue weighted by atomic mass is 10.1. The molecule has 0 unspecified atom stereocenters. The molecule has 1 aromatic carbocycles. The molecule has 0 amide bonds. The monoisotopic (exact) mass is 143 g/mol. The second-order valence-corrected chi connectivity index (χ2v) is 2.41. The number of allylic oxidation sites excluding steroid dienone is 2. The summed E-state index contributed by atoms with van der Waals surface area (Å²) in [6.45, 7) is 5.55. The Balaban J connectivity index is 2.87. The molecule has 0 spiro atoms. The molecule has 0 N–H and O–H groups in total. The van der Waals surface area contributed by atoms with Crippen molar-refractivity contribution < 1.29 is 0 Å². The van der Waals surface area contributed by atoms with Crippen LogP contribution in [-0.4, -0.2) is 0 Å². The van der Waals surface area contributed by atoms with Gasteiger partial charge >= 0.3 is 0 Å². The highest BCUT2D eigenvalue weighted by Gasteiger charge is 1.84. The van der Waals surface area contributed by atoms with E-state index in [0.717, 1.165) is 5.57 Å². The van der Waals surface area contributed by atoms with Gasteiger partial charge in [0.15, 0.2) is 0 Å². The minimum Gasteiger partial charge on any atom is -0.0909 e. The fourth-order valence-electron chi connectivity index (χ4n) is 0.850. The highest BCUT2D eigenvalue weighted by Crippen LogP contribution is 2.05. The third-order valence-corrected chi connectivity index (χ3v) is 1.46. The summed E-state index contributed by atoms with van der Waals surface area (Å²) in [7, 11) is 0. The van der Waals surface area contributed by atoms with Gasteiger partial charge in [0, 0.05) is 0 Å². The van der Waals surface area contributed by atoms with Crippen molar-refractivity contribution in [1.82, 2.24) is 0 Å². The second kappa shape index (κ2) is 3.77. The van der Waals surface area contributed by atoms with Crippen LogP contribution in [-0.2, 0) is 0 Å². The molecular formula is C11H11. The Kier molecular flexibility index (Phi) is 2.67. The van der Waals surface area contributed by atoms with Crippen LogP contribution in [0.25, 0.3) is 6.08 Å². The third-order valence-electron chi connectivity index (χ3n) is 1.46. The summed E-state index contributed by atoms with van der Waals surface area (Å²) in [5.41, 5.74) is 2.26. The van der Waals surface area contributed by atoms with Crippen LogP contribution in [0.15, 0.2) is 42.5 Å². The molecule has 0 aliphatic rings. The van der Waals surface area contributed by atoms with Gasteiger partial charge in [-0.1, -0.05) is 43.0 Å². The van der Waals surface area contributed by atoms with Crippen LogP contribution in [0.1, 0.15) is 12.5 Å². The van der Waals surface area contributed by atoms with Gasteiger partial charge in [-0.2, -0.15) is 0 Å². The Hall–Kier alpha value is -1.30. The molecule has 0 atom stereocenters. The van der Waals surface area contributed by atoms with E-state index < -0.39 is 0 Å². The number of benzene rings is 1. The summed E-state index contributed by atoms with van der Waals surface area (Å²) >= 11 is 0. The Morgan fingerprint density at radius 1 is 1.36 bits per heavy atom. The van der Waals surface area contributed by atoms with E-state index in [0.29, 0.717) is 0 Å². The van der Waals surface area contributed by atoms with Gasteiger partial charge in [-0.3, -0.25) is 0 Å². The van der Waals surface area contributed by atoms with Crippen molar-refractivity contribution in [3.05, 3.63) is 54.1 Å². The van der Waals surface area contributed by atoms with Crippen LogP contribution >= 0.6 is 0 Å². The SMILES string of the molecule is C=[C]/C(C)=C/c1ccccc1. The van der Waals surface area contributed by atoms with Crippen molar-refractivity contribution >= 4 is 6.08 Å². The van der Waals surface area contributed by atoms with Gasteiger partial charge in [-0.15, -0.1) is 0 Å². The van der Waals surface area contributed by atoms with Crippen molar-refractivity contribution in [3.63, 3.8) is 0 Å². The van der Waals surface area contributed by atoms with Gasteiger partial charge in [-0.25, -0.2) is 0 Å². The fraction of sp³-hybridized carbons (Fsp3) is 0.0909. The Labute approximate surface area is 67.9 Å². The Bertz CT molecular complexity index is 255. The van der Waals surface area contributed by atoms with Gasteiger partial charge in [0.25, 0.3) is 0 Å². The smallest absolute Gasteiger partial charge is 0.0230 e. The summed E-state index contributed by atoms with van der Waals surface area (Å²) in [6.07, 6.45) is 4.87. The highest BCUT2D eigenvalue weighted by molar-refractivity contribution is 5.53. The highest BCUT2D eigenvalue weighted by atomic mass is 13.9. The van der Waals surface area contributed by atoms with Crippen LogP contribution in [0.3, 0.4) is 0 Å². The first-order valence-electron chi connectivity index (χ1n) is 3.59. The zero-order chi connectivity index (χ0) is 8.10. The molecule has 0 saturated carbocycles. The molecule has 0 bridgehead atoms. The summed E-state index contributed by atoms with van der Waals surface area (Å²) in [5, 5.41) is 0. The topological polar surface area (TPSA) is 0 Å². The number of rotatable bonds is 2. The molecule has 0 nitrogen and oxygen atoms in total. The van der Waals surface area contributed by atoms with Crippen molar-refractivity contribution in [2.45, 2.75) is 6.92 Å². The van der Waals surface area contributed by atoms with E-state index in [2.05, 4.69) is 24.8 Å². The average molecular weight is 143 g/mol. The van der Waals surface area contributed by atoms with E-state index >= 15 is 0 Å². The van der Waals surface area contributed by atoms with Gasteiger partial charge in [-0.05, 0) is 24.1 Å². The van der Waals surface area contributed by atoms with E-state index in [1.165, 1.54) is 5.56 Å². The Morgan fingerprint density at radius 3 is 2.55 bits per heavy atom. The molecular weight excluding hydrogens is 132 g/mol. The lowest BCUT2D eigenvalue weighted by molar-refractivity contribution is 1.52. The molecule has 11 heavy (non-hydrogen) atoms. The summed E-state index contributed by atoms with van der Waals surface area (Å²) in [5.74, 6) is 0. The van der Waals surface area contributed by atoms with Crippen molar-refractivity contribution in [3.8, 4) is 0 Å². The standard InChI is InChI=1S/C11H11/c1-3-10(2)9-11-7-5-4-6-8-11/h4-9H,1H2,2H3/b10-9+. The van der Waals surface area contributed by atoms with Gasteiger partial charge in [0.2, 0.25) is 0 Å². The predicted molar refractivity (Wildman–Crippen MR) is 49.0 cm³/mol. The normalized spacial score (nSPS) is 11.2. The van der Waals surface area contributed by atoms with E-state index in [4.69, 9.17) is 0 Å². The molecule has 0 fully saturated rings. The molecule has 0 saturated heterocycles. The first-order valence-corrected chi connectivity index (χ1v) is 3.59. The van der Waals surface area contributed by atoms with Crippen LogP contribution in [0.2, 0.25) is 0 Å². The van der Waals surface area contributed by atoms with Crippen molar-refractivity contribution in [2.75, 3.05) is 0 Å². The largest absolute Gasteiger partial charge is 0.0909 e. The summed E-state index contributed by atoms with van der Waals surface area (Å²) in [4.78, 5) is 0. The van der Waals surface area contributed by atoms with Crippen molar-refractivity contribution in [2.24, 2.45) is 0 Å². The van der Waals surface area contributed by atoms with Crippen LogP contribution in [0.4, 0.5) is 0 Å². The molecule has 1 rings (SSSR count). The molecule has 0 aliphatic carbocycles. The summed E-state index contributed by atoms with van der Waals surface area (Å²) in [6, 6.07) is 10.1. The summed E-state index contributed by atoms with van der Waals surface area (Å²) < 4.78 is 0. The number of hydrogen-bond acceptors (Lipinski definition) is 0. The van der Waals surface area contributed by atoms with Gasteiger partial charge in [0.05, 0.1) is 0 Å². The zero-order valence-corrected chi connectivity index (χ0v) is 6.67.